The van der Waals surface area contributed by atoms with Gasteiger partial charge in [0.05, 0.1) is 5.75 Å². The third-order valence-corrected chi connectivity index (χ3v) is 4.31. The number of anilines is 1. The van der Waals surface area contributed by atoms with E-state index < -0.39 is 10.0 Å². The molecule has 106 valence electrons. The number of rotatable bonds is 5. The maximum Gasteiger partial charge on any atom is 0.236 e. The van der Waals surface area contributed by atoms with Crippen molar-refractivity contribution < 1.29 is 8.42 Å². The monoisotopic (exact) mass is 289 g/mol. The normalized spacial score (nSPS) is 11.6. The Morgan fingerprint density at radius 3 is 2.10 bits per heavy atom. The van der Waals surface area contributed by atoms with Gasteiger partial charge in [-0.3, -0.25) is 4.72 Å². The van der Waals surface area contributed by atoms with Gasteiger partial charge in [0.2, 0.25) is 10.0 Å². The Morgan fingerprint density at radius 2 is 1.55 bits per heavy atom. The molecule has 1 N–H and O–H groups in total. The number of hydrogen-bond acceptors (Lipinski definition) is 2. The lowest BCUT2D eigenvalue weighted by molar-refractivity contribution is 0.600. The zero-order valence-electron chi connectivity index (χ0n) is 11.7. The zero-order chi connectivity index (χ0) is 14.6. The molecular weight excluding hydrogens is 270 g/mol. The van der Waals surface area contributed by atoms with Crippen molar-refractivity contribution in [2.24, 2.45) is 0 Å². The van der Waals surface area contributed by atoms with Crippen LogP contribution in [-0.4, -0.2) is 8.42 Å². The molecule has 0 unspecified atom stereocenters. The summed E-state index contributed by atoms with van der Waals surface area (Å²) in [5.41, 5.74) is 2.57. The summed E-state index contributed by atoms with van der Waals surface area (Å²) in [6.45, 7) is 4.21. The van der Waals surface area contributed by atoms with Crippen molar-refractivity contribution in [3.8, 4) is 0 Å². The lowest BCUT2D eigenvalue weighted by atomic mass is 10.0. The summed E-state index contributed by atoms with van der Waals surface area (Å²) in [7, 11) is -3.37. The van der Waals surface area contributed by atoms with Crippen molar-refractivity contribution in [3.63, 3.8) is 0 Å². The van der Waals surface area contributed by atoms with Gasteiger partial charge in [0, 0.05) is 5.69 Å². The maximum absolute atomic E-state index is 12.1. The quantitative estimate of drug-likeness (QED) is 0.911. The first-order chi connectivity index (χ1) is 9.46. The molecule has 0 aliphatic heterocycles. The molecule has 2 aromatic carbocycles. The van der Waals surface area contributed by atoms with E-state index in [-0.39, 0.29) is 5.75 Å². The van der Waals surface area contributed by atoms with Crippen LogP contribution in [0.2, 0.25) is 0 Å². The second kappa shape index (κ2) is 6.09. The predicted molar refractivity (Wildman–Crippen MR) is 83.2 cm³/mol. The molecule has 0 atom stereocenters. The fraction of sp³-hybridized carbons (Fsp3) is 0.250. The third kappa shape index (κ3) is 4.10. The molecule has 0 saturated carbocycles. The van der Waals surface area contributed by atoms with Crippen LogP contribution in [0, 0.1) is 0 Å². The molecule has 0 aliphatic rings. The van der Waals surface area contributed by atoms with E-state index in [1.807, 2.05) is 30.3 Å². The average molecular weight is 289 g/mol. The van der Waals surface area contributed by atoms with E-state index in [0.717, 1.165) is 5.56 Å². The SMILES string of the molecule is CC(C)c1ccc(NS(=O)(=O)Cc2ccccc2)cc1. The molecule has 0 saturated heterocycles. The second-order valence-electron chi connectivity index (χ2n) is 5.12. The minimum atomic E-state index is -3.37. The first-order valence-electron chi connectivity index (χ1n) is 6.61. The van der Waals surface area contributed by atoms with Crippen molar-refractivity contribution in [1.29, 1.82) is 0 Å². The number of benzene rings is 2. The highest BCUT2D eigenvalue weighted by atomic mass is 32.2. The minimum Gasteiger partial charge on any atom is -0.283 e. The summed E-state index contributed by atoms with van der Waals surface area (Å²) >= 11 is 0. The van der Waals surface area contributed by atoms with Crippen LogP contribution in [0.3, 0.4) is 0 Å². The van der Waals surface area contributed by atoms with Crippen LogP contribution < -0.4 is 4.72 Å². The smallest absolute Gasteiger partial charge is 0.236 e. The van der Waals surface area contributed by atoms with E-state index >= 15 is 0 Å². The summed E-state index contributed by atoms with van der Waals surface area (Å²) in [5.74, 6) is 0.421. The van der Waals surface area contributed by atoms with E-state index in [2.05, 4.69) is 18.6 Å². The molecule has 0 amide bonds. The van der Waals surface area contributed by atoms with Gasteiger partial charge in [0.1, 0.15) is 0 Å². The van der Waals surface area contributed by atoms with Gasteiger partial charge in [-0.1, -0.05) is 56.3 Å². The van der Waals surface area contributed by atoms with Gasteiger partial charge in [-0.2, -0.15) is 0 Å². The molecule has 0 aliphatic carbocycles. The second-order valence-corrected chi connectivity index (χ2v) is 6.85. The van der Waals surface area contributed by atoms with Gasteiger partial charge in [0.15, 0.2) is 0 Å². The Morgan fingerprint density at radius 1 is 0.950 bits per heavy atom. The van der Waals surface area contributed by atoms with Gasteiger partial charge in [0.25, 0.3) is 0 Å². The standard InChI is InChI=1S/C16H19NO2S/c1-13(2)15-8-10-16(11-9-15)17-20(18,19)12-14-6-4-3-5-7-14/h3-11,13,17H,12H2,1-2H3. The van der Waals surface area contributed by atoms with Crippen molar-refractivity contribution >= 4 is 15.7 Å². The highest BCUT2D eigenvalue weighted by molar-refractivity contribution is 7.91. The van der Waals surface area contributed by atoms with Crippen LogP contribution in [0.5, 0.6) is 0 Å². The van der Waals surface area contributed by atoms with E-state index in [1.165, 1.54) is 5.56 Å². The molecule has 2 rings (SSSR count). The lowest BCUT2D eigenvalue weighted by Crippen LogP contribution is -2.15. The largest absolute Gasteiger partial charge is 0.283 e. The Bertz CT molecular complexity index is 647. The third-order valence-electron chi connectivity index (χ3n) is 3.05. The highest BCUT2D eigenvalue weighted by Crippen LogP contribution is 2.18. The van der Waals surface area contributed by atoms with E-state index in [9.17, 15) is 8.42 Å². The van der Waals surface area contributed by atoms with Gasteiger partial charge in [-0.05, 0) is 29.2 Å². The number of sulfonamides is 1. The summed E-state index contributed by atoms with van der Waals surface area (Å²) in [6, 6.07) is 16.7. The molecule has 4 heteroatoms. The Labute approximate surface area is 120 Å². The summed E-state index contributed by atoms with van der Waals surface area (Å²) in [5, 5.41) is 0. The van der Waals surface area contributed by atoms with Crippen molar-refractivity contribution in [1.82, 2.24) is 0 Å². The highest BCUT2D eigenvalue weighted by Gasteiger charge is 2.11. The van der Waals surface area contributed by atoms with E-state index in [4.69, 9.17) is 0 Å². The minimum absolute atomic E-state index is 0.0141. The molecular formula is C16H19NO2S. The Kier molecular flexibility index (Phi) is 4.45. The van der Waals surface area contributed by atoms with Crippen molar-refractivity contribution in [2.45, 2.75) is 25.5 Å². The average Bonchev–Trinajstić information content (AvgIpc) is 2.39. The first kappa shape index (κ1) is 14.6. The molecule has 0 bridgehead atoms. The lowest BCUT2D eigenvalue weighted by Gasteiger charge is -2.10. The van der Waals surface area contributed by atoms with Crippen molar-refractivity contribution in [3.05, 3.63) is 65.7 Å². The van der Waals surface area contributed by atoms with Crippen LogP contribution in [0.1, 0.15) is 30.9 Å². The van der Waals surface area contributed by atoms with E-state index in [0.29, 0.717) is 11.6 Å². The topological polar surface area (TPSA) is 46.2 Å². The van der Waals surface area contributed by atoms with Crippen LogP contribution in [0.25, 0.3) is 0 Å². The fourth-order valence-corrected chi connectivity index (χ4v) is 3.14. The number of hydrogen-bond donors (Lipinski definition) is 1. The number of nitrogens with one attached hydrogen (secondary N) is 1. The summed E-state index contributed by atoms with van der Waals surface area (Å²) in [4.78, 5) is 0. The molecule has 2 aromatic rings. The van der Waals surface area contributed by atoms with Gasteiger partial charge in [-0.25, -0.2) is 8.42 Å². The summed E-state index contributed by atoms with van der Waals surface area (Å²) in [6.07, 6.45) is 0. The molecule has 0 spiro atoms. The summed E-state index contributed by atoms with van der Waals surface area (Å²) < 4.78 is 26.8. The van der Waals surface area contributed by atoms with E-state index in [1.54, 1.807) is 24.3 Å². The van der Waals surface area contributed by atoms with Crippen molar-refractivity contribution in [2.75, 3.05) is 4.72 Å². The predicted octanol–water partition coefficient (Wildman–Crippen LogP) is 3.75. The van der Waals surface area contributed by atoms with Crippen LogP contribution in [0.4, 0.5) is 5.69 Å². The van der Waals surface area contributed by atoms with Gasteiger partial charge in [-0.15, -0.1) is 0 Å². The van der Waals surface area contributed by atoms with Crippen LogP contribution in [-0.2, 0) is 15.8 Å². The van der Waals surface area contributed by atoms with Crippen LogP contribution >= 0.6 is 0 Å². The molecule has 0 fully saturated rings. The van der Waals surface area contributed by atoms with Crippen LogP contribution in [0.15, 0.2) is 54.6 Å². The molecule has 3 nitrogen and oxygen atoms in total. The molecule has 0 heterocycles. The first-order valence-corrected chi connectivity index (χ1v) is 8.26. The van der Waals surface area contributed by atoms with Gasteiger partial charge < -0.3 is 0 Å². The zero-order valence-corrected chi connectivity index (χ0v) is 12.5. The molecule has 0 aromatic heterocycles. The Hall–Kier alpha value is -1.81. The molecule has 0 radical (unpaired) electrons. The Balaban J connectivity index is 2.08. The maximum atomic E-state index is 12.1. The fourth-order valence-electron chi connectivity index (χ4n) is 1.95. The van der Waals surface area contributed by atoms with Gasteiger partial charge >= 0.3 is 0 Å². The molecule has 20 heavy (non-hydrogen) atoms.